The van der Waals surface area contributed by atoms with Crippen LogP contribution < -0.4 is 10.9 Å². The molecule has 32 heavy (non-hydrogen) atoms. The second-order valence-corrected chi connectivity index (χ2v) is 9.18. The average Bonchev–Trinajstić information content (AvgIpc) is 2.75. The van der Waals surface area contributed by atoms with E-state index in [0.717, 1.165) is 24.0 Å². The summed E-state index contributed by atoms with van der Waals surface area (Å²) < 4.78 is 14.1. The largest absolute Gasteiger partial charge is 0.346 e. The smallest absolute Gasteiger partial charge is 0.271 e. The van der Waals surface area contributed by atoms with E-state index in [-0.39, 0.29) is 11.0 Å². The Morgan fingerprint density at radius 3 is 2.50 bits per heavy atom. The van der Waals surface area contributed by atoms with Crippen LogP contribution in [0.4, 0.5) is 4.39 Å². The van der Waals surface area contributed by atoms with Gasteiger partial charge < -0.3 is 5.32 Å². The van der Waals surface area contributed by atoms with Crippen LogP contribution >= 0.6 is 0 Å². The molecule has 0 saturated carbocycles. The first-order valence-electron chi connectivity index (χ1n) is 11.1. The van der Waals surface area contributed by atoms with Gasteiger partial charge in [-0.1, -0.05) is 64.8 Å². The third kappa shape index (κ3) is 6.34. The first kappa shape index (κ1) is 25.4. The number of Topliss-reactive ketones (excluding diaryl/α,β-unsaturated/α-hetero) is 1. The predicted octanol–water partition coefficient (Wildman–Crippen LogP) is 3.91. The number of hydrogen-bond acceptors (Lipinski definition) is 4. The second-order valence-electron chi connectivity index (χ2n) is 9.18. The molecule has 0 aliphatic heterocycles. The van der Waals surface area contributed by atoms with Crippen molar-refractivity contribution in [2.45, 2.75) is 77.8 Å². The lowest BCUT2D eigenvalue weighted by molar-refractivity contribution is -0.128. The summed E-state index contributed by atoms with van der Waals surface area (Å²) in [6.07, 6.45) is 3.56. The van der Waals surface area contributed by atoms with Crippen LogP contribution in [0.2, 0.25) is 0 Å². The molecular weight excluding hydrogens is 409 g/mol. The minimum absolute atomic E-state index is 0.0968. The topological polar surface area (TPSA) is 81.1 Å². The lowest BCUT2D eigenvalue weighted by Crippen LogP contribution is -2.43. The van der Waals surface area contributed by atoms with Gasteiger partial charge in [0.1, 0.15) is 6.67 Å². The molecule has 0 aliphatic carbocycles. The number of aromatic nitrogens is 2. The van der Waals surface area contributed by atoms with E-state index in [1.165, 1.54) is 17.8 Å². The minimum atomic E-state index is -1.14. The van der Waals surface area contributed by atoms with E-state index in [2.05, 4.69) is 31.2 Å². The zero-order chi connectivity index (χ0) is 23.9. The van der Waals surface area contributed by atoms with E-state index in [0.29, 0.717) is 18.5 Å². The van der Waals surface area contributed by atoms with Crippen LogP contribution in [-0.4, -0.2) is 34.2 Å². The van der Waals surface area contributed by atoms with Gasteiger partial charge in [0, 0.05) is 11.8 Å². The van der Waals surface area contributed by atoms with Gasteiger partial charge in [-0.25, -0.2) is 9.07 Å². The van der Waals surface area contributed by atoms with Crippen LogP contribution in [0.3, 0.4) is 0 Å². The van der Waals surface area contributed by atoms with Crippen LogP contribution in [0, 0.1) is 0 Å². The van der Waals surface area contributed by atoms with Gasteiger partial charge in [-0.15, -0.1) is 0 Å². The van der Waals surface area contributed by atoms with Crippen molar-refractivity contribution in [1.29, 1.82) is 0 Å². The maximum Gasteiger partial charge on any atom is 0.271 e. The Hall–Kier alpha value is -2.83. The Bertz CT molecular complexity index is 994. The summed E-state index contributed by atoms with van der Waals surface area (Å²) in [4.78, 5) is 37.8. The Labute approximate surface area is 189 Å². The predicted molar refractivity (Wildman–Crippen MR) is 124 cm³/mol. The third-order valence-corrected chi connectivity index (χ3v) is 5.60. The Morgan fingerprint density at radius 1 is 1.19 bits per heavy atom. The first-order chi connectivity index (χ1) is 15.1. The number of alkyl halides is 1. The van der Waals surface area contributed by atoms with Crippen LogP contribution in [0.1, 0.15) is 76.5 Å². The number of amides is 1. The fourth-order valence-corrected chi connectivity index (χ4v) is 3.74. The molecular formula is C25H34FN3O3. The molecule has 1 aromatic carbocycles. The van der Waals surface area contributed by atoms with Crippen molar-refractivity contribution in [1.82, 2.24) is 15.1 Å². The van der Waals surface area contributed by atoms with Gasteiger partial charge >= 0.3 is 0 Å². The van der Waals surface area contributed by atoms with Crippen molar-refractivity contribution in [2.75, 3.05) is 6.67 Å². The fourth-order valence-electron chi connectivity index (χ4n) is 3.74. The van der Waals surface area contributed by atoms with E-state index in [1.807, 2.05) is 31.2 Å². The number of ketones is 1. The summed E-state index contributed by atoms with van der Waals surface area (Å²) in [6, 6.07) is 8.55. The molecule has 1 aromatic heterocycles. The number of nitrogens with zero attached hydrogens (tertiary/aromatic N) is 2. The number of benzene rings is 1. The van der Waals surface area contributed by atoms with E-state index in [1.54, 1.807) is 6.07 Å². The van der Waals surface area contributed by atoms with Crippen LogP contribution in [-0.2, 0) is 21.5 Å². The van der Waals surface area contributed by atoms with Crippen molar-refractivity contribution < 1.29 is 14.0 Å². The van der Waals surface area contributed by atoms with Crippen LogP contribution in [0.15, 0.2) is 41.3 Å². The summed E-state index contributed by atoms with van der Waals surface area (Å²) in [5.41, 5.74) is 2.01. The minimum Gasteiger partial charge on any atom is -0.346 e. The molecule has 1 heterocycles. The highest BCUT2D eigenvalue weighted by molar-refractivity contribution is 5.91. The van der Waals surface area contributed by atoms with Gasteiger partial charge in [0.05, 0.1) is 18.5 Å². The highest BCUT2D eigenvalue weighted by Crippen LogP contribution is 2.26. The normalized spacial score (nSPS) is 13.4. The highest BCUT2D eigenvalue weighted by Gasteiger charge is 2.27. The van der Waals surface area contributed by atoms with Gasteiger partial charge in [-0.3, -0.25) is 14.4 Å². The molecule has 0 saturated heterocycles. The maximum absolute atomic E-state index is 13.3. The quantitative estimate of drug-likeness (QED) is 0.604. The molecule has 0 spiro atoms. The van der Waals surface area contributed by atoms with Crippen molar-refractivity contribution in [3.05, 3.63) is 63.6 Å². The zero-order valence-electron chi connectivity index (χ0n) is 19.7. The molecule has 2 rings (SSSR count). The Morgan fingerprint density at radius 2 is 1.88 bits per heavy atom. The molecule has 174 valence electrons. The molecule has 1 amide bonds. The molecule has 0 fully saturated rings. The molecule has 7 heteroatoms. The van der Waals surface area contributed by atoms with E-state index in [9.17, 15) is 18.8 Å². The van der Waals surface area contributed by atoms with Crippen molar-refractivity contribution in [3.8, 4) is 0 Å². The molecule has 2 unspecified atom stereocenters. The number of carbonyl (C=O) groups is 2. The van der Waals surface area contributed by atoms with E-state index < -0.39 is 30.3 Å². The third-order valence-electron chi connectivity index (χ3n) is 5.60. The van der Waals surface area contributed by atoms with Gasteiger partial charge in [0.15, 0.2) is 5.78 Å². The summed E-state index contributed by atoms with van der Waals surface area (Å²) in [7, 11) is 0. The maximum atomic E-state index is 13.3. The van der Waals surface area contributed by atoms with Gasteiger partial charge in [0.2, 0.25) is 5.91 Å². The fraction of sp³-hybridized carbons (Fsp3) is 0.520. The molecule has 6 nitrogen and oxygen atoms in total. The van der Waals surface area contributed by atoms with Gasteiger partial charge in [-0.2, -0.15) is 5.10 Å². The Kier molecular flexibility index (Phi) is 8.87. The monoisotopic (exact) mass is 443 g/mol. The van der Waals surface area contributed by atoms with Crippen molar-refractivity contribution in [2.24, 2.45) is 0 Å². The van der Waals surface area contributed by atoms with E-state index >= 15 is 0 Å². The molecule has 1 N–H and O–H groups in total. The number of hydrogen-bond donors (Lipinski definition) is 1. The first-order valence-corrected chi connectivity index (χ1v) is 11.1. The number of halogens is 1. The van der Waals surface area contributed by atoms with Crippen molar-refractivity contribution in [3.63, 3.8) is 0 Å². The summed E-state index contributed by atoms with van der Waals surface area (Å²) in [5, 5.41) is 6.82. The SMILES string of the molecule is CCCCC(C(=O)NC(C)C(=O)CF)c1ccnn(Cc2ccccc2C(C)(C)C)c1=O. The van der Waals surface area contributed by atoms with Crippen LogP contribution in [0.25, 0.3) is 0 Å². The molecule has 2 aromatic rings. The number of rotatable bonds is 10. The summed E-state index contributed by atoms with van der Waals surface area (Å²) in [5.74, 6) is -1.87. The number of carbonyl (C=O) groups excluding carboxylic acids is 2. The second kappa shape index (κ2) is 11.2. The lowest BCUT2D eigenvalue weighted by atomic mass is 9.84. The van der Waals surface area contributed by atoms with Crippen molar-refractivity contribution >= 4 is 11.7 Å². The molecule has 2 atom stereocenters. The highest BCUT2D eigenvalue weighted by atomic mass is 19.1. The zero-order valence-corrected chi connectivity index (χ0v) is 19.7. The summed E-state index contributed by atoms with van der Waals surface area (Å²) in [6.45, 7) is 8.94. The molecule has 0 bridgehead atoms. The van der Waals surface area contributed by atoms with Crippen LogP contribution in [0.5, 0.6) is 0 Å². The van der Waals surface area contributed by atoms with Gasteiger partial charge in [-0.05, 0) is 36.0 Å². The summed E-state index contributed by atoms with van der Waals surface area (Å²) >= 11 is 0. The standard InChI is InChI=1S/C25H34FN3O3/c1-6-7-11-19(23(31)28-17(2)22(30)15-26)20-13-14-27-29(24(20)32)16-18-10-8-9-12-21(18)25(3,4)5/h8-10,12-14,17,19H,6-7,11,15-16H2,1-5H3,(H,28,31). The molecule has 0 radical (unpaired) electrons. The lowest BCUT2D eigenvalue weighted by Gasteiger charge is -2.23. The van der Waals surface area contributed by atoms with Gasteiger partial charge in [0.25, 0.3) is 5.56 Å². The number of nitrogens with one attached hydrogen (secondary N) is 1. The van der Waals surface area contributed by atoms with E-state index in [4.69, 9.17) is 0 Å². The number of unbranched alkanes of at least 4 members (excludes halogenated alkanes) is 1. The molecule has 0 aliphatic rings. The average molecular weight is 444 g/mol. The Balaban J connectivity index is 2.40.